The highest BCUT2D eigenvalue weighted by Crippen LogP contribution is 2.43. The van der Waals surface area contributed by atoms with Crippen LogP contribution in [0.5, 0.6) is 0 Å². The second-order valence-corrected chi connectivity index (χ2v) is 4.08. The Balaban J connectivity index is 2.34. The van der Waals surface area contributed by atoms with Gasteiger partial charge >= 0.3 is 0 Å². The molecule has 0 fully saturated rings. The zero-order chi connectivity index (χ0) is 10.4. The SMILES string of the molecule is Cc1ccc2c(c1)-c1ccccc1C2O. The van der Waals surface area contributed by atoms with Crippen LogP contribution in [0.3, 0.4) is 0 Å². The van der Waals surface area contributed by atoms with Crippen LogP contribution in [0.4, 0.5) is 0 Å². The Morgan fingerprint density at radius 3 is 2.53 bits per heavy atom. The van der Waals surface area contributed by atoms with Crippen molar-refractivity contribution in [2.75, 3.05) is 0 Å². The van der Waals surface area contributed by atoms with Gasteiger partial charge in [-0.3, -0.25) is 0 Å². The summed E-state index contributed by atoms with van der Waals surface area (Å²) < 4.78 is 0. The lowest BCUT2D eigenvalue weighted by Gasteiger charge is -2.04. The molecule has 0 heterocycles. The average molecular weight is 196 g/mol. The molecule has 0 spiro atoms. The van der Waals surface area contributed by atoms with E-state index in [1.807, 2.05) is 30.3 Å². The molecule has 2 aromatic rings. The summed E-state index contributed by atoms with van der Waals surface area (Å²) in [6, 6.07) is 14.3. The molecule has 1 aliphatic carbocycles. The van der Waals surface area contributed by atoms with Crippen molar-refractivity contribution in [3.05, 3.63) is 59.2 Å². The first-order valence-corrected chi connectivity index (χ1v) is 5.15. The number of aliphatic hydroxyl groups excluding tert-OH is 1. The topological polar surface area (TPSA) is 20.2 Å². The van der Waals surface area contributed by atoms with Crippen LogP contribution in [0.2, 0.25) is 0 Å². The number of hydrogen-bond acceptors (Lipinski definition) is 1. The fourth-order valence-electron chi connectivity index (χ4n) is 2.29. The van der Waals surface area contributed by atoms with Gasteiger partial charge in [0.1, 0.15) is 6.10 Å². The van der Waals surface area contributed by atoms with Crippen molar-refractivity contribution < 1.29 is 5.11 Å². The standard InChI is InChI=1S/C14H12O/c1-9-6-7-12-13(8-9)10-4-2-3-5-11(10)14(12)15/h2-8,14-15H,1H3. The number of aliphatic hydroxyl groups is 1. The van der Waals surface area contributed by atoms with E-state index in [2.05, 4.69) is 19.1 Å². The van der Waals surface area contributed by atoms with Crippen molar-refractivity contribution in [1.29, 1.82) is 0 Å². The monoisotopic (exact) mass is 196 g/mol. The highest BCUT2D eigenvalue weighted by Gasteiger charge is 2.25. The number of rotatable bonds is 0. The van der Waals surface area contributed by atoms with E-state index in [1.54, 1.807) is 0 Å². The van der Waals surface area contributed by atoms with Gasteiger partial charge < -0.3 is 5.11 Å². The van der Waals surface area contributed by atoms with Gasteiger partial charge in [0.15, 0.2) is 0 Å². The first kappa shape index (κ1) is 8.69. The summed E-state index contributed by atoms with van der Waals surface area (Å²) in [5, 5.41) is 10.1. The van der Waals surface area contributed by atoms with E-state index in [0.29, 0.717) is 0 Å². The van der Waals surface area contributed by atoms with E-state index in [0.717, 1.165) is 11.1 Å². The highest BCUT2D eigenvalue weighted by molar-refractivity contribution is 5.78. The van der Waals surface area contributed by atoms with Gasteiger partial charge in [0, 0.05) is 0 Å². The Hall–Kier alpha value is -1.60. The zero-order valence-corrected chi connectivity index (χ0v) is 8.57. The molecule has 1 heteroatoms. The van der Waals surface area contributed by atoms with E-state index >= 15 is 0 Å². The first-order chi connectivity index (χ1) is 7.27. The molecule has 1 nitrogen and oxygen atoms in total. The van der Waals surface area contributed by atoms with E-state index in [-0.39, 0.29) is 0 Å². The molecule has 1 N–H and O–H groups in total. The molecule has 15 heavy (non-hydrogen) atoms. The minimum atomic E-state index is -0.447. The van der Waals surface area contributed by atoms with Gasteiger partial charge in [-0.1, -0.05) is 48.0 Å². The molecule has 0 aliphatic heterocycles. The first-order valence-electron chi connectivity index (χ1n) is 5.15. The summed E-state index contributed by atoms with van der Waals surface area (Å²) in [7, 11) is 0. The van der Waals surface area contributed by atoms with Gasteiger partial charge in [-0.05, 0) is 29.2 Å². The largest absolute Gasteiger partial charge is 0.384 e. The molecular weight excluding hydrogens is 184 g/mol. The molecule has 3 rings (SSSR count). The zero-order valence-electron chi connectivity index (χ0n) is 8.57. The second-order valence-electron chi connectivity index (χ2n) is 4.08. The fraction of sp³-hybridized carbons (Fsp3) is 0.143. The maximum atomic E-state index is 10.1. The Morgan fingerprint density at radius 1 is 0.933 bits per heavy atom. The van der Waals surface area contributed by atoms with Crippen LogP contribution in [-0.4, -0.2) is 5.11 Å². The summed E-state index contributed by atoms with van der Waals surface area (Å²) in [6.45, 7) is 2.08. The molecule has 0 radical (unpaired) electrons. The highest BCUT2D eigenvalue weighted by atomic mass is 16.3. The third-order valence-corrected chi connectivity index (χ3v) is 3.05. The van der Waals surface area contributed by atoms with Crippen molar-refractivity contribution in [3.8, 4) is 11.1 Å². The lowest BCUT2D eigenvalue weighted by Crippen LogP contribution is -1.92. The lowest BCUT2D eigenvalue weighted by molar-refractivity contribution is 0.225. The van der Waals surface area contributed by atoms with Crippen molar-refractivity contribution in [3.63, 3.8) is 0 Å². The number of aryl methyl sites for hydroxylation is 1. The van der Waals surface area contributed by atoms with Crippen molar-refractivity contribution in [2.45, 2.75) is 13.0 Å². The Bertz CT molecular complexity index is 529. The molecule has 1 atom stereocenters. The lowest BCUT2D eigenvalue weighted by atomic mass is 10.0. The van der Waals surface area contributed by atoms with Crippen LogP contribution >= 0.6 is 0 Å². The summed E-state index contributed by atoms with van der Waals surface area (Å²) in [5.74, 6) is 0. The third-order valence-electron chi connectivity index (χ3n) is 3.05. The van der Waals surface area contributed by atoms with Gasteiger partial charge in [0.25, 0.3) is 0 Å². The van der Waals surface area contributed by atoms with Crippen LogP contribution < -0.4 is 0 Å². The van der Waals surface area contributed by atoms with Gasteiger partial charge in [0.05, 0.1) is 0 Å². The minimum absolute atomic E-state index is 0.447. The molecule has 2 aromatic carbocycles. The average Bonchev–Trinajstić information content (AvgIpc) is 2.54. The third kappa shape index (κ3) is 1.13. The normalized spacial score (nSPS) is 17.3. The smallest absolute Gasteiger partial charge is 0.105 e. The van der Waals surface area contributed by atoms with Crippen LogP contribution in [0.1, 0.15) is 22.8 Å². The second kappa shape index (κ2) is 2.94. The summed E-state index contributed by atoms with van der Waals surface area (Å²) in [5.41, 5.74) is 5.64. The molecule has 1 unspecified atom stereocenters. The molecule has 0 aromatic heterocycles. The Kier molecular flexibility index (Phi) is 1.70. The van der Waals surface area contributed by atoms with E-state index in [1.165, 1.54) is 16.7 Å². The van der Waals surface area contributed by atoms with Crippen molar-refractivity contribution in [1.82, 2.24) is 0 Å². The fourth-order valence-corrected chi connectivity index (χ4v) is 2.29. The summed E-state index contributed by atoms with van der Waals surface area (Å²) in [4.78, 5) is 0. The Morgan fingerprint density at radius 2 is 1.67 bits per heavy atom. The molecule has 74 valence electrons. The van der Waals surface area contributed by atoms with Crippen molar-refractivity contribution >= 4 is 0 Å². The maximum absolute atomic E-state index is 10.1. The molecular formula is C14H12O. The summed E-state index contributed by atoms with van der Waals surface area (Å²) in [6.07, 6.45) is -0.447. The number of benzene rings is 2. The molecule has 0 saturated carbocycles. The number of hydrogen-bond donors (Lipinski definition) is 1. The molecule has 1 aliphatic rings. The predicted molar refractivity (Wildman–Crippen MR) is 60.7 cm³/mol. The Labute approximate surface area is 89.0 Å². The van der Waals surface area contributed by atoms with Crippen LogP contribution in [0, 0.1) is 6.92 Å². The predicted octanol–water partition coefficient (Wildman–Crippen LogP) is 3.06. The minimum Gasteiger partial charge on any atom is -0.384 e. The van der Waals surface area contributed by atoms with Gasteiger partial charge in [-0.2, -0.15) is 0 Å². The van der Waals surface area contributed by atoms with Crippen LogP contribution in [0.15, 0.2) is 42.5 Å². The van der Waals surface area contributed by atoms with E-state index in [9.17, 15) is 5.11 Å². The number of fused-ring (bicyclic) bond motifs is 3. The van der Waals surface area contributed by atoms with Crippen LogP contribution in [-0.2, 0) is 0 Å². The van der Waals surface area contributed by atoms with Crippen LogP contribution in [0.25, 0.3) is 11.1 Å². The maximum Gasteiger partial charge on any atom is 0.105 e. The molecule has 0 bridgehead atoms. The van der Waals surface area contributed by atoms with E-state index < -0.39 is 6.10 Å². The van der Waals surface area contributed by atoms with Crippen molar-refractivity contribution in [2.24, 2.45) is 0 Å². The van der Waals surface area contributed by atoms with Gasteiger partial charge in [0.2, 0.25) is 0 Å². The van der Waals surface area contributed by atoms with Gasteiger partial charge in [-0.25, -0.2) is 0 Å². The quantitative estimate of drug-likeness (QED) is 0.686. The summed E-state index contributed by atoms with van der Waals surface area (Å²) >= 11 is 0. The van der Waals surface area contributed by atoms with E-state index in [4.69, 9.17) is 0 Å². The van der Waals surface area contributed by atoms with Gasteiger partial charge in [-0.15, -0.1) is 0 Å². The molecule has 0 saturated heterocycles. The molecule has 0 amide bonds.